The number of methoxy groups -OCH3 is 1. The molecule has 29 heavy (non-hydrogen) atoms. The van der Waals surface area contributed by atoms with Gasteiger partial charge in [-0.25, -0.2) is 4.68 Å². The number of amides is 1. The largest absolute Gasteiger partial charge is 0.497 e. The predicted octanol–water partition coefficient (Wildman–Crippen LogP) is 4.36. The van der Waals surface area contributed by atoms with Gasteiger partial charge in [-0.15, -0.1) is 11.8 Å². The number of fused-ring (bicyclic) bond motifs is 1. The number of nitrogens with one attached hydrogen (secondary N) is 1. The number of nitrogens with zero attached hydrogens (tertiary/aromatic N) is 2. The zero-order valence-electron chi connectivity index (χ0n) is 16.6. The molecule has 1 amide bonds. The Labute approximate surface area is 174 Å². The summed E-state index contributed by atoms with van der Waals surface area (Å²) in [6, 6.07) is 15.7. The highest BCUT2D eigenvalue weighted by molar-refractivity contribution is 8.00. The Morgan fingerprint density at radius 1 is 1.14 bits per heavy atom. The Hall–Kier alpha value is -2.93. The third kappa shape index (κ3) is 3.82. The van der Waals surface area contributed by atoms with E-state index in [0.29, 0.717) is 12.4 Å². The van der Waals surface area contributed by atoms with E-state index in [1.807, 2.05) is 50.2 Å². The van der Waals surface area contributed by atoms with Gasteiger partial charge in [0, 0.05) is 5.56 Å². The summed E-state index contributed by atoms with van der Waals surface area (Å²) in [7, 11) is 1.64. The maximum atomic E-state index is 12.4. The molecule has 6 nitrogen and oxygen atoms in total. The van der Waals surface area contributed by atoms with E-state index in [1.165, 1.54) is 0 Å². The van der Waals surface area contributed by atoms with Crippen LogP contribution in [0.3, 0.4) is 0 Å². The van der Waals surface area contributed by atoms with Crippen LogP contribution in [0.15, 0.2) is 48.5 Å². The van der Waals surface area contributed by atoms with E-state index in [-0.39, 0.29) is 11.2 Å². The molecule has 4 rings (SSSR count). The van der Waals surface area contributed by atoms with Crippen molar-refractivity contribution < 1.29 is 14.3 Å². The predicted molar refractivity (Wildman–Crippen MR) is 115 cm³/mol. The molecule has 0 saturated carbocycles. The molecule has 1 aliphatic rings. The zero-order chi connectivity index (χ0) is 20.4. The molecule has 2 heterocycles. The number of anilines is 1. The number of aromatic nitrogens is 2. The second kappa shape index (κ2) is 8.21. The van der Waals surface area contributed by atoms with Crippen LogP contribution in [-0.4, -0.2) is 35.2 Å². The van der Waals surface area contributed by atoms with E-state index in [1.54, 1.807) is 23.6 Å². The molecule has 1 aliphatic heterocycles. The number of benzene rings is 2. The van der Waals surface area contributed by atoms with Crippen molar-refractivity contribution >= 4 is 23.5 Å². The van der Waals surface area contributed by atoms with Gasteiger partial charge < -0.3 is 14.8 Å². The molecular formula is C22H23N3O3S. The Bertz CT molecular complexity index is 1010. The monoisotopic (exact) mass is 409 g/mol. The maximum Gasteiger partial charge on any atom is 0.235 e. The van der Waals surface area contributed by atoms with Crippen molar-refractivity contribution in [3.63, 3.8) is 0 Å². The number of hydrogen-bond acceptors (Lipinski definition) is 5. The van der Waals surface area contributed by atoms with Crippen LogP contribution in [0.25, 0.3) is 5.69 Å². The summed E-state index contributed by atoms with van der Waals surface area (Å²) in [6.07, 6.45) is 0. The first-order valence-corrected chi connectivity index (χ1v) is 10.5. The highest BCUT2D eigenvalue weighted by Crippen LogP contribution is 2.44. The minimum Gasteiger partial charge on any atom is -0.497 e. The second-order valence-electron chi connectivity index (χ2n) is 6.70. The number of thioether (sulfide) groups is 1. The lowest BCUT2D eigenvalue weighted by Gasteiger charge is -2.16. The first-order chi connectivity index (χ1) is 14.1. The van der Waals surface area contributed by atoms with Crippen molar-refractivity contribution in [2.75, 3.05) is 24.8 Å². The second-order valence-corrected chi connectivity index (χ2v) is 7.79. The molecule has 0 unspecified atom stereocenters. The summed E-state index contributed by atoms with van der Waals surface area (Å²) in [4.78, 5) is 12.4. The summed E-state index contributed by atoms with van der Waals surface area (Å²) < 4.78 is 12.6. The van der Waals surface area contributed by atoms with E-state index in [9.17, 15) is 4.79 Å². The van der Waals surface area contributed by atoms with Crippen molar-refractivity contribution in [2.24, 2.45) is 0 Å². The number of carbonyl (C=O) groups is 1. The van der Waals surface area contributed by atoms with E-state index in [2.05, 4.69) is 17.4 Å². The number of hydrogen-bond donors (Lipinski definition) is 1. The molecule has 0 spiro atoms. The number of ether oxygens (including phenoxy) is 2. The lowest BCUT2D eigenvalue weighted by molar-refractivity contribution is -0.113. The fourth-order valence-corrected chi connectivity index (χ4v) is 4.65. The summed E-state index contributed by atoms with van der Waals surface area (Å²) in [5.41, 5.74) is 3.91. The van der Waals surface area contributed by atoms with Crippen LogP contribution >= 0.6 is 11.8 Å². The van der Waals surface area contributed by atoms with Gasteiger partial charge in [-0.1, -0.05) is 12.1 Å². The summed E-state index contributed by atoms with van der Waals surface area (Å²) in [5.74, 6) is 2.70. The topological polar surface area (TPSA) is 65.4 Å². The standard InChI is InChI=1S/C22H23N3O3S/c1-4-28-18-9-5-15(6-10-18)21-20-14(2)24-25(22(20)23-19(26)13-29-21)16-7-11-17(27-3)12-8-16/h5-12,21H,4,13H2,1-3H3,(H,23,26)/t21-/m1/s1. The van der Waals surface area contributed by atoms with Gasteiger partial charge in [0.2, 0.25) is 5.91 Å². The zero-order valence-corrected chi connectivity index (χ0v) is 17.5. The molecule has 0 radical (unpaired) electrons. The lowest BCUT2D eigenvalue weighted by atomic mass is 10.0. The van der Waals surface area contributed by atoms with Gasteiger partial charge in [0.25, 0.3) is 0 Å². The van der Waals surface area contributed by atoms with Gasteiger partial charge in [-0.3, -0.25) is 4.79 Å². The Morgan fingerprint density at radius 2 is 1.83 bits per heavy atom. The summed E-state index contributed by atoms with van der Waals surface area (Å²) in [5, 5.41) is 7.80. The molecule has 2 aromatic carbocycles. The molecule has 1 aromatic heterocycles. The maximum absolute atomic E-state index is 12.4. The molecule has 0 saturated heterocycles. The molecule has 1 atom stereocenters. The first-order valence-electron chi connectivity index (χ1n) is 9.49. The minimum absolute atomic E-state index is 0.00613. The summed E-state index contributed by atoms with van der Waals surface area (Å²) in [6.45, 7) is 4.59. The van der Waals surface area contributed by atoms with Crippen LogP contribution in [0, 0.1) is 6.92 Å². The molecule has 0 bridgehead atoms. The molecule has 7 heteroatoms. The van der Waals surface area contributed by atoms with Gasteiger partial charge in [0.05, 0.1) is 36.1 Å². The van der Waals surface area contributed by atoms with E-state index < -0.39 is 0 Å². The van der Waals surface area contributed by atoms with Crippen LogP contribution in [-0.2, 0) is 4.79 Å². The average molecular weight is 410 g/mol. The van der Waals surface area contributed by atoms with Gasteiger partial charge >= 0.3 is 0 Å². The molecular weight excluding hydrogens is 386 g/mol. The molecule has 1 N–H and O–H groups in total. The third-order valence-electron chi connectivity index (χ3n) is 4.82. The van der Waals surface area contributed by atoms with Gasteiger partial charge in [-0.2, -0.15) is 5.10 Å². The quantitative estimate of drug-likeness (QED) is 0.678. The van der Waals surface area contributed by atoms with E-state index >= 15 is 0 Å². The Kier molecular flexibility index (Phi) is 5.49. The van der Waals surface area contributed by atoms with Crippen molar-refractivity contribution in [1.82, 2.24) is 9.78 Å². The van der Waals surface area contributed by atoms with Crippen LogP contribution < -0.4 is 14.8 Å². The van der Waals surface area contributed by atoms with E-state index in [4.69, 9.17) is 14.6 Å². The van der Waals surface area contributed by atoms with Crippen molar-refractivity contribution in [1.29, 1.82) is 0 Å². The first kappa shape index (κ1) is 19.4. The SMILES string of the molecule is CCOc1ccc([C@H]2SCC(=O)Nc3c2c(C)nn3-c2ccc(OC)cc2)cc1. The fourth-order valence-electron chi connectivity index (χ4n) is 3.46. The summed E-state index contributed by atoms with van der Waals surface area (Å²) >= 11 is 1.61. The van der Waals surface area contributed by atoms with Crippen LogP contribution in [0.1, 0.15) is 29.0 Å². The van der Waals surface area contributed by atoms with E-state index in [0.717, 1.165) is 39.8 Å². The Morgan fingerprint density at radius 3 is 2.48 bits per heavy atom. The minimum atomic E-state index is -0.0284. The van der Waals surface area contributed by atoms with Gasteiger partial charge in [0.1, 0.15) is 17.3 Å². The smallest absolute Gasteiger partial charge is 0.235 e. The average Bonchev–Trinajstić information content (AvgIpc) is 2.94. The highest BCUT2D eigenvalue weighted by Gasteiger charge is 2.30. The van der Waals surface area contributed by atoms with Crippen molar-refractivity contribution in [3.05, 3.63) is 65.4 Å². The molecule has 150 valence electrons. The van der Waals surface area contributed by atoms with Crippen molar-refractivity contribution in [3.8, 4) is 17.2 Å². The lowest BCUT2D eigenvalue weighted by Crippen LogP contribution is -2.15. The molecule has 0 fully saturated rings. The Balaban J connectivity index is 1.78. The van der Waals surface area contributed by atoms with Gasteiger partial charge in [0.15, 0.2) is 0 Å². The normalized spacial score (nSPS) is 16.0. The highest BCUT2D eigenvalue weighted by atomic mass is 32.2. The fraction of sp³-hybridized carbons (Fsp3) is 0.273. The van der Waals surface area contributed by atoms with Gasteiger partial charge in [-0.05, 0) is 55.8 Å². The van der Waals surface area contributed by atoms with Crippen LogP contribution in [0.4, 0.5) is 5.82 Å². The number of aryl methyl sites for hydroxylation is 1. The van der Waals surface area contributed by atoms with Crippen molar-refractivity contribution in [2.45, 2.75) is 19.1 Å². The van der Waals surface area contributed by atoms with Crippen LogP contribution in [0.2, 0.25) is 0 Å². The molecule has 0 aliphatic carbocycles. The number of rotatable bonds is 5. The van der Waals surface area contributed by atoms with Crippen LogP contribution in [0.5, 0.6) is 11.5 Å². The third-order valence-corrected chi connectivity index (χ3v) is 6.09. The molecule has 3 aromatic rings. The number of carbonyl (C=O) groups excluding carboxylic acids is 1.